The van der Waals surface area contributed by atoms with E-state index < -0.39 is 0 Å². The van der Waals surface area contributed by atoms with Crippen molar-refractivity contribution in [2.75, 3.05) is 13.6 Å². The van der Waals surface area contributed by atoms with Gasteiger partial charge in [0.2, 0.25) is 0 Å². The molecule has 0 radical (unpaired) electrons. The normalized spacial score (nSPS) is 8.58. The minimum Gasteiger partial charge on any atom is -0.392 e. The summed E-state index contributed by atoms with van der Waals surface area (Å²) >= 11 is 0. The van der Waals surface area contributed by atoms with Gasteiger partial charge in [-0.05, 0) is 19.2 Å². The molecule has 0 spiro atoms. The maximum Gasteiger partial charge on any atom is 0.0681 e. The lowest BCUT2D eigenvalue weighted by atomic mass is 10.2. The minimum atomic E-state index is 0.140. The molecule has 0 heterocycles. The van der Waals surface area contributed by atoms with Crippen LogP contribution in [-0.4, -0.2) is 18.7 Å². The molecule has 68 valence electrons. The molecular formula is C10H17NO. The number of benzene rings is 1. The largest absolute Gasteiger partial charge is 0.392 e. The van der Waals surface area contributed by atoms with E-state index in [0.29, 0.717) is 0 Å². The second kappa shape index (κ2) is 8.24. The predicted octanol–water partition coefficient (Wildman–Crippen LogP) is 1.40. The number of aliphatic hydroxyl groups excluding tert-OH is 1. The van der Waals surface area contributed by atoms with Crippen LogP contribution in [0.3, 0.4) is 0 Å². The van der Waals surface area contributed by atoms with Crippen molar-refractivity contribution in [3.63, 3.8) is 0 Å². The van der Waals surface area contributed by atoms with Crippen molar-refractivity contribution in [3.8, 4) is 0 Å². The molecule has 0 unspecified atom stereocenters. The molecule has 0 fully saturated rings. The molecule has 1 rings (SSSR count). The van der Waals surface area contributed by atoms with Crippen LogP contribution in [0.5, 0.6) is 0 Å². The number of hydrogen-bond acceptors (Lipinski definition) is 2. The van der Waals surface area contributed by atoms with Crippen molar-refractivity contribution >= 4 is 0 Å². The summed E-state index contributed by atoms with van der Waals surface area (Å²) in [6, 6.07) is 9.52. The molecule has 1 aromatic rings. The van der Waals surface area contributed by atoms with Crippen LogP contribution >= 0.6 is 0 Å². The van der Waals surface area contributed by atoms with Crippen molar-refractivity contribution < 1.29 is 5.11 Å². The average molecular weight is 167 g/mol. The van der Waals surface area contributed by atoms with Crippen LogP contribution in [0.4, 0.5) is 0 Å². The number of hydrogen-bond donors (Lipinski definition) is 2. The third-order valence-corrected chi connectivity index (χ3v) is 1.38. The lowest BCUT2D eigenvalue weighted by molar-refractivity contribution is 0.282. The van der Waals surface area contributed by atoms with Gasteiger partial charge in [-0.1, -0.05) is 37.3 Å². The summed E-state index contributed by atoms with van der Waals surface area (Å²) in [6.07, 6.45) is 0. The van der Waals surface area contributed by atoms with Crippen molar-refractivity contribution in [1.82, 2.24) is 5.32 Å². The van der Waals surface area contributed by atoms with Crippen LogP contribution in [0, 0.1) is 0 Å². The summed E-state index contributed by atoms with van der Waals surface area (Å²) in [7, 11) is 1.93. The molecule has 2 N–H and O–H groups in total. The van der Waals surface area contributed by atoms with E-state index in [1.807, 2.05) is 37.4 Å². The minimum absolute atomic E-state index is 0.140. The van der Waals surface area contributed by atoms with Gasteiger partial charge in [0.05, 0.1) is 6.61 Å². The number of nitrogens with one attached hydrogen (secondary N) is 1. The first kappa shape index (κ1) is 11.1. The highest BCUT2D eigenvalue weighted by Gasteiger charge is 1.81. The topological polar surface area (TPSA) is 32.3 Å². The molecule has 2 nitrogen and oxygen atoms in total. The molecule has 0 aliphatic heterocycles. The smallest absolute Gasteiger partial charge is 0.0681 e. The van der Waals surface area contributed by atoms with Crippen LogP contribution in [0.15, 0.2) is 30.3 Å². The quantitative estimate of drug-likeness (QED) is 0.698. The first-order valence-electron chi connectivity index (χ1n) is 4.14. The predicted molar refractivity (Wildman–Crippen MR) is 52.0 cm³/mol. The molecule has 0 saturated carbocycles. The zero-order valence-corrected chi connectivity index (χ0v) is 7.75. The maximum absolute atomic E-state index is 8.54. The van der Waals surface area contributed by atoms with E-state index in [9.17, 15) is 0 Å². The third-order valence-electron chi connectivity index (χ3n) is 1.38. The highest BCUT2D eigenvalue weighted by atomic mass is 16.3. The molecule has 2 heteroatoms. The average Bonchev–Trinajstić information content (AvgIpc) is 2.19. The maximum atomic E-state index is 8.54. The molecule has 0 saturated heterocycles. The van der Waals surface area contributed by atoms with E-state index in [4.69, 9.17) is 5.11 Å². The van der Waals surface area contributed by atoms with Crippen LogP contribution < -0.4 is 5.32 Å². The van der Waals surface area contributed by atoms with Crippen LogP contribution in [0.1, 0.15) is 12.5 Å². The number of aliphatic hydroxyl groups is 1. The van der Waals surface area contributed by atoms with Crippen molar-refractivity contribution in [3.05, 3.63) is 35.9 Å². The van der Waals surface area contributed by atoms with E-state index in [0.717, 1.165) is 12.1 Å². The Morgan fingerprint density at radius 1 is 1.25 bits per heavy atom. The molecule has 0 aliphatic carbocycles. The highest BCUT2D eigenvalue weighted by molar-refractivity contribution is 5.12. The highest BCUT2D eigenvalue weighted by Crippen LogP contribution is 1.95. The monoisotopic (exact) mass is 167 g/mol. The zero-order chi connectivity index (χ0) is 9.23. The fraction of sp³-hybridized carbons (Fsp3) is 0.400. The Morgan fingerprint density at radius 3 is 2.00 bits per heavy atom. The van der Waals surface area contributed by atoms with Gasteiger partial charge in [0, 0.05) is 0 Å². The van der Waals surface area contributed by atoms with Crippen LogP contribution in [0.2, 0.25) is 0 Å². The fourth-order valence-corrected chi connectivity index (χ4v) is 0.583. The molecule has 0 aromatic heterocycles. The van der Waals surface area contributed by atoms with Crippen LogP contribution in [0.25, 0.3) is 0 Å². The second-order valence-electron chi connectivity index (χ2n) is 2.35. The van der Waals surface area contributed by atoms with E-state index in [1.165, 1.54) is 0 Å². The Labute approximate surface area is 74.2 Å². The summed E-state index contributed by atoms with van der Waals surface area (Å²) < 4.78 is 0. The Balaban J connectivity index is 0.000000261. The van der Waals surface area contributed by atoms with Gasteiger partial charge in [0.1, 0.15) is 0 Å². The van der Waals surface area contributed by atoms with E-state index >= 15 is 0 Å². The fourth-order valence-electron chi connectivity index (χ4n) is 0.583. The Morgan fingerprint density at radius 2 is 1.75 bits per heavy atom. The summed E-state index contributed by atoms with van der Waals surface area (Å²) in [6.45, 7) is 3.28. The molecule has 0 aliphatic rings. The summed E-state index contributed by atoms with van der Waals surface area (Å²) in [5.74, 6) is 0. The van der Waals surface area contributed by atoms with Crippen molar-refractivity contribution in [2.24, 2.45) is 0 Å². The number of rotatable bonds is 2. The first-order valence-corrected chi connectivity index (χ1v) is 4.14. The Bertz CT molecular complexity index is 172. The van der Waals surface area contributed by atoms with Gasteiger partial charge in [0.15, 0.2) is 0 Å². The van der Waals surface area contributed by atoms with E-state index in [2.05, 4.69) is 12.2 Å². The molecule has 0 amide bonds. The van der Waals surface area contributed by atoms with Crippen molar-refractivity contribution in [1.29, 1.82) is 0 Å². The van der Waals surface area contributed by atoms with Crippen LogP contribution in [-0.2, 0) is 6.61 Å². The summed E-state index contributed by atoms with van der Waals surface area (Å²) in [4.78, 5) is 0. The first-order chi connectivity index (χ1) is 5.85. The third kappa shape index (κ3) is 5.89. The summed E-state index contributed by atoms with van der Waals surface area (Å²) in [5, 5.41) is 11.5. The molecule has 0 bridgehead atoms. The van der Waals surface area contributed by atoms with Crippen molar-refractivity contribution in [2.45, 2.75) is 13.5 Å². The van der Waals surface area contributed by atoms with Gasteiger partial charge in [-0.3, -0.25) is 0 Å². The van der Waals surface area contributed by atoms with Gasteiger partial charge in [0.25, 0.3) is 0 Å². The molecular weight excluding hydrogens is 150 g/mol. The van der Waals surface area contributed by atoms with Gasteiger partial charge in [-0.2, -0.15) is 0 Å². The van der Waals surface area contributed by atoms with Gasteiger partial charge in [-0.25, -0.2) is 0 Å². The van der Waals surface area contributed by atoms with Gasteiger partial charge < -0.3 is 10.4 Å². The van der Waals surface area contributed by atoms with E-state index in [1.54, 1.807) is 0 Å². The second-order valence-corrected chi connectivity index (χ2v) is 2.35. The lowest BCUT2D eigenvalue weighted by Gasteiger charge is -1.89. The molecule has 1 aromatic carbocycles. The van der Waals surface area contributed by atoms with Gasteiger partial charge >= 0.3 is 0 Å². The standard InChI is InChI=1S/C7H8O.C3H9N/c8-6-7-4-2-1-3-5-7;1-3-4-2/h1-5,8H,6H2;4H,3H2,1-2H3. The Hall–Kier alpha value is -0.860. The Kier molecular flexibility index (Phi) is 7.65. The summed E-state index contributed by atoms with van der Waals surface area (Å²) in [5.41, 5.74) is 0.965. The zero-order valence-electron chi connectivity index (χ0n) is 7.75. The van der Waals surface area contributed by atoms with E-state index in [-0.39, 0.29) is 6.61 Å². The SMILES string of the molecule is CCNC.OCc1ccccc1. The lowest BCUT2D eigenvalue weighted by Crippen LogP contribution is -2.01. The molecule has 12 heavy (non-hydrogen) atoms. The molecule has 0 atom stereocenters. The van der Waals surface area contributed by atoms with Gasteiger partial charge in [-0.15, -0.1) is 0 Å².